The van der Waals surface area contributed by atoms with E-state index in [4.69, 9.17) is 9.73 Å². The fourth-order valence-electron chi connectivity index (χ4n) is 3.18. The lowest BCUT2D eigenvalue weighted by Crippen LogP contribution is -1.99. The zero-order valence-corrected chi connectivity index (χ0v) is 15.8. The lowest BCUT2D eigenvalue weighted by molar-refractivity contribution is 0.370. The molecule has 0 saturated heterocycles. The van der Waals surface area contributed by atoms with Gasteiger partial charge in [0.25, 0.3) is 0 Å². The van der Waals surface area contributed by atoms with Crippen LogP contribution >= 0.6 is 0 Å². The number of nitrogens with zero attached hydrogens (tertiary/aromatic N) is 1. The minimum atomic E-state index is 0.859. The third-order valence-electron chi connectivity index (χ3n) is 4.21. The van der Waals surface area contributed by atoms with Crippen molar-refractivity contribution in [3.63, 3.8) is 0 Å². The number of hydrogen-bond donors (Lipinski definition) is 0. The molecule has 0 bridgehead atoms. The highest BCUT2D eigenvalue weighted by Crippen LogP contribution is 2.27. The van der Waals surface area contributed by atoms with E-state index < -0.39 is 0 Å². The molecule has 0 radical (unpaired) electrons. The van der Waals surface area contributed by atoms with Gasteiger partial charge in [-0.25, -0.2) is 0 Å². The number of hydrogen-bond acceptors (Lipinski definition) is 2. The van der Waals surface area contributed by atoms with Crippen molar-refractivity contribution in [2.75, 3.05) is 7.11 Å². The van der Waals surface area contributed by atoms with Gasteiger partial charge in [0.05, 0.1) is 12.8 Å². The van der Waals surface area contributed by atoms with Gasteiger partial charge in [0.15, 0.2) is 0 Å². The van der Waals surface area contributed by atoms with E-state index >= 15 is 0 Å². The zero-order chi connectivity index (χ0) is 17.9. The minimum absolute atomic E-state index is 0.859. The van der Waals surface area contributed by atoms with Crippen LogP contribution in [0.2, 0.25) is 0 Å². The Labute approximate surface area is 145 Å². The first-order valence-corrected chi connectivity index (χ1v) is 8.29. The molecule has 2 aromatic carbocycles. The van der Waals surface area contributed by atoms with E-state index in [1.165, 1.54) is 27.8 Å². The lowest BCUT2D eigenvalue weighted by Gasteiger charge is -2.14. The van der Waals surface area contributed by atoms with Gasteiger partial charge in [-0.2, -0.15) is 0 Å². The molecule has 2 aromatic rings. The van der Waals surface area contributed by atoms with Crippen LogP contribution in [0.3, 0.4) is 0 Å². The van der Waals surface area contributed by atoms with Crippen molar-refractivity contribution >= 4 is 17.2 Å². The van der Waals surface area contributed by atoms with Crippen molar-refractivity contribution in [2.24, 2.45) is 4.99 Å². The predicted molar refractivity (Wildman–Crippen MR) is 104 cm³/mol. The maximum absolute atomic E-state index is 5.69. The standard InChI is InChI=1S/C22H27NO/c1-14-11-17(4)21(18(5)12-14)20(24-7)13-19(6)23-22-15(2)9-8-10-16(22)3/h8-13H,1-7H3. The molecule has 0 heterocycles. The van der Waals surface area contributed by atoms with Gasteiger partial charge in [-0.05, 0) is 63.8 Å². The summed E-state index contributed by atoms with van der Waals surface area (Å²) in [6, 6.07) is 10.6. The Morgan fingerprint density at radius 3 is 1.96 bits per heavy atom. The molecule has 0 aromatic heterocycles. The summed E-state index contributed by atoms with van der Waals surface area (Å²) in [5, 5.41) is 0. The molecule has 0 aliphatic heterocycles. The Bertz CT molecular complexity index is 769. The predicted octanol–water partition coefficient (Wildman–Crippen LogP) is 6.01. The van der Waals surface area contributed by atoms with E-state index in [0.29, 0.717) is 0 Å². The molecule has 0 unspecified atom stereocenters. The van der Waals surface area contributed by atoms with Crippen LogP contribution in [0.5, 0.6) is 0 Å². The van der Waals surface area contributed by atoms with Crippen molar-refractivity contribution in [3.05, 3.63) is 69.8 Å². The zero-order valence-electron chi connectivity index (χ0n) is 15.8. The first kappa shape index (κ1) is 18.0. The number of aliphatic imine (C=N–C) groups is 1. The van der Waals surface area contributed by atoms with Gasteiger partial charge in [0, 0.05) is 17.4 Å². The van der Waals surface area contributed by atoms with Crippen molar-refractivity contribution in [2.45, 2.75) is 41.5 Å². The van der Waals surface area contributed by atoms with Crippen LogP contribution in [-0.2, 0) is 4.74 Å². The monoisotopic (exact) mass is 321 g/mol. The van der Waals surface area contributed by atoms with Crippen molar-refractivity contribution in [1.29, 1.82) is 0 Å². The van der Waals surface area contributed by atoms with E-state index in [1.54, 1.807) is 7.11 Å². The average molecular weight is 321 g/mol. The first-order chi connectivity index (χ1) is 11.3. The number of benzene rings is 2. The van der Waals surface area contributed by atoms with Crippen molar-refractivity contribution < 1.29 is 4.74 Å². The van der Waals surface area contributed by atoms with Crippen LogP contribution in [0, 0.1) is 34.6 Å². The minimum Gasteiger partial charge on any atom is -0.496 e. The van der Waals surface area contributed by atoms with Gasteiger partial charge >= 0.3 is 0 Å². The lowest BCUT2D eigenvalue weighted by atomic mass is 9.97. The van der Waals surface area contributed by atoms with Crippen molar-refractivity contribution in [3.8, 4) is 0 Å². The Balaban J connectivity index is 2.50. The molecule has 0 aliphatic carbocycles. The van der Waals surface area contributed by atoms with Crippen LogP contribution in [0.1, 0.15) is 40.3 Å². The molecule has 0 amide bonds. The number of aryl methyl sites for hydroxylation is 5. The Morgan fingerprint density at radius 2 is 1.46 bits per heavy atom. The largest absolute Gasteiger partial charge is 0.496 e. The number of methoxy groups -OCH3 is 1. The summed E-state index contributed by atoms with van der Waals surface area (Å²) in [4.78, 5) is 4.81. The highest BCUT2D eigenvalue weighted by molar-refractivity contribution is 6.00. The van der Waals surface area contributed by atoms with Crippen LogP contribution in [0.15, 0.2) is 41.4 Å². The SMILES string of the molecule is COC(=CC(C)=Nc1c(C)cccc1C)c1c(C)cc(C)cc1C. The fraction of sp³-hybridized carbons (Fsp3) is 0.318. The second kappa shape index (κ2) is 7.48. The highest BCUT2D eigenvalue weighted by atomic mass is 16.5. The molecule has 0 saturated carbocycles. The average Bonchev–Trinajstić information content (AvgIpc) is 2.49. The van der Waals surface area contributed by atoms with E-state index in [2.05, 4.69) is 65.0 Å². The molecule has 0 aliphatic rings. The van der Waals surface area contributed by atoms with E-state index in [9.17, 15) is 0 Å². The number of ether oxygens (including phenoxy) is 1. The summed E-state index contributed by atoms with van der Waals surface area (Å²) in [5.74, 6) is 0.859. The van der Waals surface area contributed by atoms with Crippen LogP contribution in [0.25, 0.3) is 5.76 Å². The molecule has 2 heteroatoms. The topological polar surface area (TPSA) is 21.6 Å². The van der Waals surface area contributed by atoms with Gasteiger partial charge in [0.2, 0.25) is 0 Å². The second-order valence-corrected chi connectivity index (χ2v) is 6.48. The van der Waals surface area contributed by atoms with Gasteiger partial charge in [-0.15, -0.1) is 0 Å². The summed E-state index contributed by atoms with van der Waals surface area (Å²) in [6.07, 6.45) is 2.02. The quantitative estimate of drug-likeness (QED) is 0.499. The van der Waals surface area contributed by atoms with Crippen molar-refractivity contribution in [1.82, 2.24) is 0 Å². The fourth-order valence-corrected chi connectivity index (χ4v) is 3.18. The molecular formula is C22H27NO. The van der Waals surface area contributed by atoms with Crippen LogP contribution in [0.4, 0.5) is 5.69 Å². The Morgan fingerprint density at radius 1 is 0.917 bits per heavy atom. The molecule has 0 spiro atoms. The maximum Gasteiger partial charge on any atom is 0.128 e. The molecule has 0 fully saturated rings. The maximum atomic E-state index is 5.69. The van der Waals surface area contributed by atoms with Gasteiger partial charge in [0.1, 0.15) is 5.76 Å². The normalized spacial score (nSPS) is 12.5. The first-order valence-electron chi connectivity index (χ1n) is 8.29. The van der Waals surface area contributed by atoms with Gasteiger partial charge in [-0.1, -0.05) is 35.9 Å². The summed E-state index contributed by atoms with van der Waals surface area (Å²) in [5.41, 5.74) is 9.21. The summed E-state index contributed by atoms with van der Waals surface area (Å²) < 4.78 is 5.69. The van der Waals surface area contributed by atoms with Crippen LogP contribution < -0.4 is 0 Å². The summed E-state index contributed by atoms with van der Waals surface area (Å²) in [6.45, 7) is 12.6. The third kappa shape index (κ3) is 3.94. The molecule has 2 rings (SSSR count). The molecule has 2 nitrogen and oxygen atoms in total. The smallest absolute Gasteiger partial charge is 0.128 e. The van der Waals surface area contributed by atoms with Gasteiger partial charge < -0.3 is 4.74 Å². The Hall–Kier alpha value is -2.35. The van der Waals surface area contributed by atoms with E-state index in [0.717, 1.165) is 22.7 Å². The third-order valence-corrected chi connectivity index (χ3v) is 4.21. The molecule has 126 valence electrons. The molecule has 0 N–H and O–H groups in total. The number of allylic oxidation sites excluding steroid dienone is 1. The Kier molecular flexibility index (Phi) is 5.61. The molecule has 24 heavy (non-hydrogen) atoms. The van der Waals surface area contributed by atoms with E-state index in [-0.39, 0.29) is 0 Å². The molecule has 0 atom stereocenters. The van der Waals surface area contributed by atoms with Gasteiger partial charge in [-0.3, -0.25) is 4.99 Å². The summed E-state index contributed by atoms with van der Waals surface area (Å²) >= 11 is 0. The molecular weight excluding hydrogens is 294 g/mol. The summed E-state index contributed by atoms with van der Waals surface area (Å²) in [7, 11) is 1.72. The van der Waals surface area contributed by atoms with E-state index in [1.807, 2.05) is 13.0 Å². The number of para-hydroxylation sites is 1. The van der Waals surface area contributed by atoms with Crippen LogP contribution in [-0.4, -0.2) is 12.8 Å². The number of rotatable bonds is 4. The second-order valence-electron chi connectivity index (χ2n) is 6.48. The highest BCUT2D eigenvalue weighted by Gasteiger charge is 2.10.